The molecule has 1 aliphatic carbocycles. The second-order valence-corrected chi connectivity index (χ2v) is 9.33. The number of fused-ring (bicyclic) bond motifs is 1. The summed E-state index contributed by atoms with van der Waals surface area (Å²) in [5, 5.41) is 2.54. The zero-order valence-electron chi connectivity index (χ0n) is 14.7. The number of benzene rings is 1. The van der Waals surface area contributed by atoms with Gasteiger partial charge in [-0.05, 0) is 36.5 Å². The zero-order chi connectivity index (χ0) is 18.0. The second-order valence-electron chi connectivity index (χ2n) is 7.05. The maximum atomic E-state index is 12.3. The van der Waals surface area contributed by atoms with E-state index < -0.39 is 21.5 Å². The number of amides is 1. The number of hydrogen-bond donors (Lipinski definition) is 1. The van der Waals surface area contributed by atoms with E-state index >= 15 is 0 Å². The van der Waals surface area contributed by atoms with Crippen LogP contribution >= 0.6 is 0 Å². The first-order valence-electron chi connectivity index (χ1n) is 8.77. The lowest BCUT2D eigenvalue weighted by Gasteiger charge is -2.27. The van der Waals surface area contributed by atoms with Crippen LogP contribution in [0, 0.1) is 5.92 Å². The SMILES string of the molecule is CC(C)C(NC(=O)CS(=O)(=O)C1CCC1)c1ccc2c(c1)OCCO2. The molecule has 2 aliphatic rings. The highest BCUT2D eigenvalue weighted by Crippen LogP contribution is 2.34. The molecular formula is C18H25NO5S. The maximum Gasteiger partial charge on any atom is 0.235 e. The number of rotatable bonds is 6. The number of carbonyl (C=O) groups excluding carboxylic acids is 1. The summed E-state index contributed by atoms with van der Waals surface area (Å²) in [6, 6.07) is 5.30. The molecule has 1 saturated carbocycles. The molecule has 1 unspecified atom stereocenters. The molecule has 1 aromatic rings. The van der Waals surface area contributed by atoms with Crippen molar-refractivity contribution < 1.29 is 22.7 Å². The van der Waals surface area contributed by atoms with E-state index in [1.807, 2.05) is 32.0 Å². The highest BCUT2D eigenvalue weighted by molar-refractivity contribution is 7.92. The third kappa shape index (κ3) is 4.08. The van der Waals surface area contributed by atoms with Gasteiger partial charge in [-0.3, -0.25) is 4.79 Å². The third-order valence-corrected chi connectivity index (χ3v) is 6.95. The molecule has 7 heteroatoms. The molecule has 25 heavy (non-hydrogen) atoms. The Hall–Kier alpha value is -1.76. The number of sulfone groups is 1. The summed E-state index contributed by atoms with van der Waals surface area (Å²) in [5.74, 6) is 0.575. The minimum Gasteiger partial charge on any atom is -0.486 e. The molecule has 1 N–H and O–H groups in total. The fourth-order valence-electron chi connectivity index (χ4n) is 3.13. The summed E-state index contributed by atoms with van der Waals surface area (Å²) < 4.78 is 35.5. The Morgan fingerprint density at radius 1 is 1.20 bits per heavy atom. The molecule has 3 rings (SSSR count). The molecule has 6 nitrogen and oxygen atoms in total. The van der Waals surface area contributed by atoms with Gasteiger partial charge in [0, 0.05) is 0 Å². The highest BCUT2D eigenvalue weighted by Gasteiger charge is 2.33. The topological polar surface area (TPSA) is 81.7 Å². The second kappa shape index (κ2) is 7.23. The molecule has 1 aliphatic heterocycles. The van der Waals surface area contributed by atoms with Crippen LogP contribution in [0.1, 0.15) is 44.7 Å². The number of ether oxygens (including phenoxy) is 2. The van der Waals surface area contributed by atoms with E-state index in [4.69, 9.17) is 9.47 Å². The van der Waals surface area contributed by atoms with Crippen molar-refractivity contribution in [2.45, 2.75) is 44.4 Å². The Balaban J connectivity index is 1.72. The molecule has 0 aromatic heterocycles. The minimum absolute atomic E-state index is 0.109. The van der Waals surface area contributed by atoms with E-state index in [1.165, 1.54) is 0 Å². The van der Waals surface area contributed by atoms with Crippen LogP contribution in [-0.2, 0) is 14.6 Å². The smallest absolute Gasteiger partial charge is 0.235 e. The Labute approximate surface area is 148 Å². The largest absolute Gasteiger partial charge is 0.486 e. The molecule has 0 saturated heterocycles. The average Bonchev–Trinajstić information content (AvgIpc) is 2.49. The van der Waals surface area contributed by atoms with Crippen LogP contribution in [0.5, 0.6) is 11.5 Å². The van der Waals surface area contributed by atoms with Crippen molar-refractivity contribution in [2.24, 2.45) is 5.92 Å². The predicted molar refractivity (Wildman–Crippen MR) is 94.6 cm³/mol. The van der Waals surface area contributed by atoms with Crippen molar-refractivity contribution in [1.82, 2.24) is 5.32 Å². The Kier molecular flexibility index (Phi) is 5.22. The predicted octanol–water partition coefficient (Wildman–Crippen LogP) is 2.24. The Morgan fingerprint density at radius 3 is 2.48 bits per heavy atom. The third-order valence-electron chi connectivity index (χ3n) is 4.80. The van der Waals surface area contributed by atoms with Gasteiger partial charge < -0.3 is 14.8 Å². The lowest BCUT2D eigenvalue weighted by molar-refractivity contribution is -0.119. The number of nitrogens with one attached hydrogen (secondary N) is 1. The van der Waals surface area contributed by atoms with Gasteiger partial charge in [-0.2, -0.15) is 0 Å². The fourth-order valence-corrected chi connectivity index (χ4v) is 4.87. The summed E-state index contributed by atoms with van der Waals surface area (Å²) in [6.07, 6.45) is 2.27. The molecule has 1 amide bonds. The fraction of sp³-hybridized carbons (Fsp3) is 0.611. The van der Waals surface area contributed by atoms with Crippen molar-refractivity contribution >= 4 is 15.7 Å². The molecule has 0 bridgehead atoms. The maximum absolute atomic E-state index is 12.3. The van der Waals surface area contributed by atoms with E-state index in [1.54, 1.807) is 0 Å². The van der Waals surface area contributed by atoms with Gasteiger partial charge in [-0.1, -0.05) is 26.3 Å². The van der Waals surface area contributed by atoms with Crippen molar-refractivity contribution in [1.29, 1.82) is 0 Å². The van der Waals surface area contributed by atoms with Crippen molar-refractivity contribution in [3.05, 3.63) is 23.8 Å². The Bertz CT molecular complexity index is 740. The lowest BCUT2D eigenvalue weighted by Crippen LogP contribution is -2.40. The van der Waals surface area contributed by atoms with Crippen LogP contribution in [0.3, 0.4) is 0 Å². The summed E-state index contributed by atoms with van der Waals surface area (Å²) in [4.78, 5) is 12.3. The van der Waals surface area contributed by atoms with Gasteiger partial charge in [0.2, 0.25) is 5.91 Å². The van der Waals surface area contributed by atoms with Crippen molar-refractivity contribution in [3.63, 3.8) is 0 Å². The lowest BCUT2D eigenvalue weighted by atomic mass is 9.95. The van der Waals surface area contributed by atoms with Gasteiger partial charge in [0.05, 0.1) is 11.3 Å². The number of carbonyl (C=O) groups is 1. The van der Waals surface area contributed by atoms with Crippen molar-refractivity contribution in [3.8, 4) is 11.5 Å². The van der Waals surface area contributed by atoms with Crippen LogP contribution in [-0.4, -0.2) is 38.5 Å². The summed E-state index contributed by atoms with van der Waals surface area (Å²) in [6.45, 7) is 4.99. The van der Waals surface area contributed by atoms with Crippen LogP contribution in [0.4, 0.5) is 0 Å². The minimum atomic E-state index is -3.35. The van der Waals surface area contributed by atoms with Crippen LogP contribution < -0.4 is 14.8 Å². The van der Waals surface area contributed by atoms with Gasteiger partial charge in [0.25, 0.3) is 0 Å². The normalized spacial score (nSPS) is 18.5. The molecular weight excluding hydrogens is 342 g/mol. The summed E-state index contributed by atoms with van der Waals surface area (Å²) >= 11 is 0. The van der Waals surface area contributed by atoms with Gasteiger partial charge >= 0.3 is 0 Å². The summed E-state index contributed by atoms with van der Waals surface area (Å²) in [7, 11) is -3.35. The monoisotopic (exact) mass is 367 g/mol. The van der Waals surface area contributed by atoms with E-state index in [0.717, 1.165) is 12.0 Å². The van der Waals surface area contributed by atoms with E-state index in [9.17, 15) is 13.2 Å². The van der Waals surface area contributed by atoms with Gasteiger partial charge in [0.15, 0.2) is 21.3 Å². The Morgan fingerprint density at radius 2 is 1.88 bits per heavy atom. The van der Waals surface area contributed by atoms with Gasteiger partial charge in [-0.15, -0.1) is 0 Å². The average molecular weight is 367 g/mol. The van der Waals surface area contributed by atoms with Gasteiger partial charge in [-0.25, -0.2) is 8.42 Å². The van der Waals surface area contributed by atoms with E-state index in [0.29, 0.717) is 37.6 Å². The van der Waals surface area contributed by atoms with Crippen LogP contribution in [0.25, 0.3) is 0 Å². The van der Waals surface area contributed by atoms with Gasteiger partial charge in [0.1, 0.15) is 19.0 Å². The quantitative estimate of drug-likeness (QED) is 0.834. The molecule has 0 radical (unpaired) electrons. The number of hydrogen-bond acceptors (Lipinski definition) is 5. The first kappa shape index (κ1) is 18.0. The molecule has 138 valence electrons. The molecule has 1 heterocycles. The molecule has 1 aromatic carbocycles. The standard InChI is InChI=1S/C18H25NO5S/c1-12(2)18(13-6-7-15-16(10-13)24-9-8-23-15)19-17(20)11-25(21,22)14-4-3-5-14/h6-7,10,12,14,18H,3-5,8-9,11H2,1-2H3,(H,19,20). The van der Waals surface area contributed by atoms with Crippen LogP contribution in [0.15, 0.2) is 18.2 Å². The first-order valence-corrected chi connectivity index (χ1v) is 10.5. The zero-order valence-corrected chi connectivity index (χ0v) is 15.5. The van der Waals surface area contributed by atoms with E-state index in [-0.39, 0.29) is 17.2 Å². The summed E-state index contributed by atoms with van der Waals surface area (Å²) in [5.41, 5.74) is 0.883. The first-order chi connectivity index (χ1) is 11.9. The van der Waals surface area contributed by atoms with E-state index in [2.05, 4.69) is 5.32 Å². The van der Waals surface area contributed by atoms with Crippen LogP contribution in [0.2, 0.25) is 0 Å². The molecule has 0 spiro atoms. The molecule has 1 fully saturated rings. The highest BCUT2D eigenvalue weighted by atomic mass is 32.2. The van der Waals surface area contributed by atoms with Crippen molar-refractivity contribution in [2.75, 3.05) is 19.0 Å². The molecule has 1 atom stereocenters.